The number of pyridine rings is 1. The molecule has 1 aromatic carbocycles. The van der Waals surface area contributed by atoms with Gasteiger partial charge in [-0.3, -0.25) is 4.79 Å². The largest absolute Gasteiger partial charge is 0.449 e. The van der Waals surface area contributed by atoms with Crippen LogP contribution in [0.25, 0.3) is 0 Å². The number of ether oxygens (including phenoxy) is 1. The average molecular weight is 361 g/mol. The van der Waals surface area contributed by atoms with E-state index in [9.17, 15) is 9.59 Å². The summed E-state index contributed by atoms with van der Waals surface area (Å²) in [6.45, 7) is 4.10. The number of carbonyl (C=O) groups is 2. The Balaban J connectivity index is 1.87. The quantitative estimate of drug-likeness (QED) is 0.605. The van der Waals surface area contributed by atoms with Crippen LogP contribution in [0.2, 0.25) is 5.15 Å². The van der Waals surface area contributed by atoms with Gasteiger partial charge in [-0.1, -0.05) is 48.9 Å². The van der Waals surface area contributed by atoms with Crippen LogP contribution in [-0.4, -0.2) is 29.5 Å². The number of carbonyl (C=O) groups excluding carboxylic acids is 2. The summed E-state index contributed by atoms with van der Waals surface area (Å²) in [5, 5.41) is 3.13. The third-order valence-electron chi connectivity index (χ3n) is 3.90. The predicted octanol–water partition coefficient (Wildman–Crippen LogP) is 3.59. The second kappa shape index (κ2) is 9.18. The molecule has 2 atom stereocenters. The number of halogens is 1. The molecule has 0 bridgehead atoms. The highest BCUT2D eigenvalue weighted by Gasteiger charge is 2.20. The molecular formula is C19H21ClN2O3. The lowest BCUT2D eigenvalue weighted by Crippen LogP contribution is -2.38. The Morgan fingerprint density at radius 2 is 1.92 bits per heavy atom. The Hall–Kier alpha value is -2.40. The molecule has 0 fully saturated rings. The molecule has 0 saturated heterocycles. The molecule has 0 radical (unpaired) electrons. The van der Waals surface area contributed by atoms with Crippen molar-refractivity contribution in [1.29, 1.82) is 0 Å². The number of benzene rings is 1. The first-order chi connectivity index (χ1) is 12.0. The lowest BCUT2D eigenvalue weighted by molar-refractivity contribution is -0.129. The molecule has 0 aliphatic heterocycles. The fourth-order valence-corrected chi connectivity index (χ4v) is 2.48. The topological polar surface area (TPSA) is 68.3 Å². The Labute approximate surface area is 152 Å². The lowest BCUT2D eigenvalue weighted by Gasteiger charge is -2.18. The first-order valence-corrected chi connectivity index (χ1v) is 8.54. The summed E-state index contributed by atoms with van der Waals surface area (Å²) >= 11 is 5.68. The summed E-state index contributed by atoms with van der Waals surface area (Å²) in [6.07, 6.45) is 1.32. The summed E-state index contributed by atoms with van der Waals surface area (Å²) in [6, 6.07) is 13.0. The van der Waals surface area contributed by atoms with Gasteiger partial charge in [0.1, 0.15) is 5.15 Å². The molecule has 1 amide bonds. The molecule has 5 nitrogen and oxygen atoms in total. The van der Waals surface area contributed by atoms with Crippen molar-refractivity contribution in [2.45, 2.75) is 32.3 Å². The van der Waals surface area contributed by atoms with Gasteiger partial charge in [0.05, 0.1) is 5.56 Å². The number of hydrogen-bond donors (Lipinski definition) is 1. The van der Waals surface area contributed by atoms with Crippen LogP contribution >= 0.6 is 11.6 Å². The highest BCUT2D eigenvalue weighted by molar-refractivity contribution is 6.29. The van der Waals surface area contributed by atoms with E-state index in [2.05, 4.69) is 17.2 Å². The molecule has 25 heavy (non-hydrogen) atoms. The van der Waals surface area contributed by atoms with Gasteiger partial charge in [-0.2, -0.15) is 0 Å². The number of hydrogen-bond acceptors (Lipinski definition) is 4. The minimum absolute atomic E-state index is 0.216. The minimum atomic E-state index is -0.892. The van der Waals surface area contributed by atoms with Gasteiger partial charge in [-0.15, -0.1) is 0 Å². The van der Waals surface area contributed by atoms with Gasteiger partial charge in [-0.05, 0) is 31.0 Å². The SMILES string of the molecule is CC[C@@H](CNC(=O)[C@H](C)OC(=O)c1ccc(Cl)nc1)c1ccccc1. The Kier molecular flexibility index (Phi) is 6.95. The zero-order valence-electron chi connectivity index (χ0n) is 14.2. The van der Waals surface area contributed by atoms with Crippen LogP contribution in [0.15, 0.2) is 48.7 Å². The van der Waals surface area contributed by atoms with E-state index < -0.39 is 12.1 Å². The zero-order valence-corrected chi connectivity index (χ0v) is 15.0. The first-order valence-electron chi connectivity index (χ1n) is 8.16. The van der Waals surface area contributed by atoms with Crippen molar-refractivity contribution in [3.05, 3.63) is 64.9 Å². The number of nitrogens with one attached hydrogen (secondary N) is 1. The normalized spacial score (nSPS) is 12.9. The maximum Gasteiger partial charge on any atom is 0.340 e. The van der Waals surface area contributed by atoms with Gasteiger partial charge in [0.15, 0.2) is 6.10 Å². The van der Waals surface area contributed by atoms with E-state index in [1.54, 1.807) is 6.92 Å². The van der Waals surface area contributed by atoms with Crippen molar-refractivity contribution < 1.29 is 14.3 Å². The lowest BCUT2D eigenvalue weighted by atomic mass is 9.96. The number of nitrogens with zero attached hydrogens (tertiary/aromatic N) is 1. The molecule has 0 aliphatic carbocycles. The Bertz CT molecular complexity index is 704. The third kappa shape index (κ3) is 5.57. The molecule has 2 rings (SSSR count). The summed E-state index contributed by atoms with van der Waals surface area (Å²) in [7, 11) is 0. The number of amides is 1. The van der Waals surface area contributed by atoms with E-state index in [0.717, 1.165) is 6.42 Å². The molecule has 1 aromatic heterocycles. The van der Waals surface area contributed by atoms with Gasteiger partial charge in [0, 0.05) is 18.7 Å². The fourth-order valence-electron chi connectivity index (χ4n) is 2.37. The number of esters is 1. The van der Waals surface area contributed by atoms with Crippen LogP contribution in [0.5, 0.6) is 0 Å². The highest BCUT2D eigenvalue weighted by Crippen LogP contribution is 2.18. The van der Waals surface area contributed by atoms with Gasteiger partial charge in [-0.25, -0.2) is 9.78 Å². The second-order valence-electron chi connectivity index (χ2n) is 5.68. The van der Waals surface area contributed by atoms with Crippen LogP contribution < -0.4 is 5.32 Å². The summed E-state index contributed by atoms with van der Waals surface area (Å²) in [4.78, 5) is 28.0. The molecular weight excluding hydrogens is 340 g/mol. The molecule has 0 saturated carbocycles. The van der Waals surface area contributed by atoms with Gasteiger partial charge < -0.3 is 10.1 Å². The smallest absolute Gasteiger partial charge is 0.340 e. The van der Waals surface area contributed by atoms with E-state index >= 15 is 0 Å². The third-order valence-corrected chi connectivity index (χ3v) is 4.13. The van der Waals surface area contributed by atoms with Crippen molar-refractivity contribution in [1.82, 2.24) is 10.3 Å². The minimum Gasteiger partial charge on any atom is -0.449 e. The fraction of sp³-hybridized carbons (Fsp3) is 0.316. The molecule has 0 aliphatic rings. The van der Waals surface area contributed by atoms with Crippen LogP contribution in [0.3, 0.4) is 0 Å². The molecule has 0 unspecified atom stereocenters. The van der Waals surface area contributed by atoms with Crippen molar-refractivity contribution in [3.8, 4) is 0 Å². The van der Waals surface area contributed by atoms with Gasteiger partial charge in [0.25, 0.3) is 5.91 Å². The highest BCUT2D eigenvalue weighted by atomic mass is 35.5. The van der Waals surface area contributed by atoms with E-state index in [0.29, 0.717) is 6.54 Å². The van der Waals surface area contributed by atoms with Crippen molar-refractivity contribution in [2.75, 3.05) is 6.54 Å². The number of rotatable bonds is 7. The van der Waals surface area contributed by atoms with Crippen molar-refractivity contribution >= 4 is 23.5 Å². The van der Waals surface area contributed by atoms with Crippen LogP contribution in [0.4, 0.5) is 0 Å². The molecule has 0 spiro atoms. The summed E-state index contributed by atoms with van der Waals surface area (Å²) in [5.74, 6) is -0.722. The second-order valence-corrected chi connectivity index (χ2v) is 6.07. The van der Waals surface area contributed by atoms with E-state index in [1.165, 1.54) is 23.9 Å². The summed E-state index contributed by atoms with van der Waals surface area (Å²) in [5.41, 5.74) is 1.42. The molecule has 6 heteroatoms. The van der Waals surface area contributed by atoms with Crippen LogP contribution in [0.1, 0.15) is 42.1 Å². The average Bonchev–Trinajstić information content (AvgIpc) is 2.63. The maximum atomic E-state index is 12.2. The molecule has 1 N–H and O–H groups in total. The maximum absolute atomic E-state index is 12.2. The van der Waals surface area contributed by atoms with Crippen molar-refractivity contribution in [2.24, 2.45) is 0 Å². The Morgan fingerprint density at radius 3 is 2.52 bits per heavy atom. The number of aromatic nitrogens is 1. The monoisotopic (exact) mass is 360 g/mol. The summed E-state index contributed by atoms with van der Waals surface area (Å²) < 4.78 is 5.18. The molecule has 2 aromatic rings. The van der Waals surface area contributed by atoms with E-state index in [4.69, 9.17) is 16.3 Å². The van der Waals surface area contributed by atoms with Crippen LogP contribution in [-0.2, 0) is 9.53 Å². The predicted molar refractivity (Wildman–Crippen MR) is 96.6 cm³/mol. The first kappa shape index (κ1) is 18.9. The van der Waals surface area contributed by atoms with E-state index in [1.807, 2.05) is 30.3 Å². The Morgan fingerprint density at radius 1 is 1.20 bits per heavy atom. The van der Waals surface area contributed by atoms with Crippen LogP contribution in [0, 0.1) is 0 Å². The standard InChI is InChI=1S/C19H21ClN2O3/c1-3-14(15-7-5-4-6-8-15)11-22-18(23)13(2)25-19(24)16-9-10-17(20)21-12-16/h4-10,12-14H,3,11H2,1-2H3,(H,22,23)/t13-,14-/m0/s1. The molecule has 132 valence electrons. The van der Waals surface area contributed by atoms with Crippen molar-refractivity contribution in [3.63, 3.8) is 0 Å². The zero-order chi connectivity index (χ0) is 18.2. The van der Waals surface area contributed by atoms with Gasteiger partial charge in [0.2, 0.25) is 0 Å². The van der Waals surface area contributed by atoms with E-state index in [-0.39, 0.29) is 22.5 Å². The molecule has 1 heterocycles. The van der Waals surface area contributed by atoms with Gasteiger partial charge >= 0.3 is 5.97 Å².